The van der Waals surface area contributed by atoms with E-state index in [-0.39, 0.29) is 0 Å². The first-order valence-electron chi connectivity index (χ1n) is 13.4. The van der Waals surface area contributed by atoms with E-state index in [1.165, 1.54) is 133 Å². The van der Waals surface area contributed by atoms with E-state index in [0.717, 1.165) is 6.61 Å². The van der Waals surface area contributed by atoms with Gasteiger partial charge in [0.1, 0.15) is 0 Å². The Balaban J connectivity index is 3.47. The molecule has 0 aromatic rings. The van der Waals surface area contributed by atoms with E-state index in [4.69, 9.17) is 4.74 Å². The van der Waals surface area contributed by atoms with Crippen LogP contribution in [0.4, 0.5) is 0 Å². The number of quaternary nitrogens is 1. The maximum absolute atomic E-state index is 5.28. The van der Waals surface area contributed by atoms with Gasteiger partial charge in [0.2, 0.25) is 0 Å². The fraction of sp³-hybridized carbons (Fsp3) is 1.00. The summed E-state index contributed by atoms with van der Waals surface area (Å²) in [6.07, 6.45) is 26.0. The van der Waals surface area contributed by atoms with Crippen molar-refractivity contribution in [2.24, 2.45) is 0 Å². The lowest BCUT2D eigenvalue weighted by Crippen LogP contribution is -2.50. The van der Waals surface area contributed by atoms with Crippen LogP contribution in [0.25, 0.3) is 0 Å². The molecule has 0 amide bonds. The van der Waals surface area contributed by atoms with E-state index in [1.807, 2.05) is 7.11 Å². The fourth-order valence-electron chi connectivity index (χ4n) is 4.81. The highest BCUT2D eigenvalue weighted by Gasteiger charge is 2.22. The minimum Gasteiger partial charge on any atom is -0.384 e. The van der Waals surface area contributed by atoms with Crippen LogP contribution in [0.3, 0.4) is 0 Å². The second-order valence-corrected chi connectivity index (χ2v) is 13.4. The smallest absolute Gasteiger partial charge is 0.0976 e. The molecule has 0 N–H and O–H groups in total. The van der Waals surface area contributed by atoms with Gasteiger partial charge in [0, 0.05) is 13.5 Å². The van der Waals surface area contributed by atoms with Crippen molar-refractivity contribution in [1.29, 1.82) is 0 Å². The minimum atomic E-state index is -0.512. The van der Waals surface area contributed by atoms with Crippen molar-refractivity contribution in [3.05, 3.63) is 0 Å². The topological polar surface area (TPSA) is 9.23 Å². The van der Waals surface area contributed by atoms with Crippen LogP contribution < -0.4 is 0 Å². The van der Waals surface area contributed by atoms with Crippen molar-refractivity contribution in [1.82, 2.24) is 0 Å². The van der Waals surface area contributed by atoms with Gasteiger partial charge < -0.3 is 9.22 Å². The molecule has 0 rings (SSSR count). The van der Waals surface area contributed by atoms with Crippen LogP contribution in [0.5, 0.6) is 0 Å². The van der Waals surface area contributed by atoms with Gasteiger partial charge in [0.05, 0.1) is 41.7 Å². The van der Waals surface area contributed by atoms with Crippen molar-refractivity contribution in [3.8, 4) is 0 Å². The summed E-state index contributed by atoms with van der Waals surface area (Å²) in [5.74, 6) is 0. The summed E-state index contributed by atoms with van der Waals surface area (Å²) < 4.78 is 6.58. The van der Waals surface area contributed by atoms with E-state index in [1.54, 1.807) is 0 Å². The Bertz CT molecular complexity index is 324. The number of ether oxygens (including phenoxy) is 1. The molecule has 0 fully saturated rings. The maximum Gasteiger partial charge on any atom is 0.0976 e. The highest BCUT2D eigenvalue weighted by Crippen LogP contribution is 2.15. The Morgan fingerprint density at radius 1 is 0.586 bits per heavy atom. The summed E-state index contributed by atoms with van der Waals surface area (Å²) in [5.41, 5.74) is 0. The molecule has 0 aliphatic carbocycles. The minimum absolute atomic E-state index is 0.512. The van der Waals surface area contributed by atoms with Crippen molar-refractivity contribution in [2.45, 2.75) is 129 Å². The number of nitrogens with zero attached hydrogens (tertiary/aromatic N) is 1. The molecule has 0 aliphatic heterocycles. The molecule has 0 saturated carbocycles. The van der Waals surface area contributed by atoms with Crippen LogP contribution in [0.2, 0.25) is 13.1 Å². The van der Waals surface area contributed by atoms with Crippen LogP contribution in [0.15, 0.2) is 0 Å². The molecule has 0 aliphatic rings. The monoisotopic (exact) mass is 428 g/mol. The van der Waals surface area contributed by atoms with Gasteiger partial charge in [-0.25, -0.2) is 0 Å². The van der Waals surface area contributed by atoms with Gasteiger partial charge in [-0.3, -0.25) is 0 Å². The quantitative estimate of drug-likeness (QED) is 0.0917. The summed E-state index contributed by atoms with van der Waals surface area (Å²) in [5, 5.41) is 0. The summed E-state index contributed by atoms with van der Waals surface area (Å²) in [6, 6.07) is 0. The van der Waals surface area contributed by atoms with E-state index in [2.05, 4.69) is 27.1 Å². The van der Waals surface area contributed by atoms with Crippen molar-refractivity contribution >= 4 is 8.80 Å². The van der Waals surface area contributed by atoms with E-state index in [0.29, 0.717) is 0 Å². The van der Waals surface area contributed by atoms with E-state index in [9.17, 15) is 0 Å². The Morgan fingerprint density at radius 3 is 1.34 bits per heavy atom. The lowest BCUT2D eigenvalue weighted by atomic mass is 10.0. The zero-order chi connectivity index (χ0) is 21.6. The van der Waals surface area contributed by atoms with Crippen LogP contribution in [-0.4, -0.2) is 53.3 Å². The zero-order valence-corrected chi connectivity index (χ0v) is 22.4. The van der Waals surface area contributed by atoms with Gasteiger partial charge in [0.15, 0.2) is 0 Å². The highest BCUT2D eigenvalue weighted by molar-refractivity contribution is 6.55. The summed E-state index contributed by atoms with van der Waals surface area (Å²) >= 11 is 0. The van der Waals surface area contributed by atoms with Crippen LogP contribution >= 0.6 is 0 Å². The Kier molecular flexibility index (Phi) is 21.5. The summed E-state index contributed by atoms with van der Waals surface area (Å²) in [6.45, 7) is 10.9. The van der Waals surface area contributed by atoms with Crippen molar-refractivity contribution < 1.29 is 9.22 Å². The molecule has 0 heterocycles. The number of methoxy groups -OCH3 is 1. The molecule has 0 saturated heterocycles. The molecule has 2 nitrogen and oxygen atoms in total. The first kappa shape index (κ1) is 29.1. The largest absolute Gasteiger partial charge is 0.384 e. The first-order valence-corrected chi connectivity index (χ1v) is 16.5. The van der Waals surface area contributed by atoms with Gasteiger partial charge >= 0.3 is 0 Å². The molecule has 176 valence electrons. The number of rotatable bonds is 23. The molecule has 0 aromatic carbocycles. The molecule has 0 radical (unpaired) electrons. The lowest BCUT2D eigenvalue weighted by molar-refractivity contribution is -0.900. The average molecular weight is 429 g/mol. The Morgan fingerprint density at radius 2 is 0.966 bits per heavy atom. The molecule has 0 spiro atoms. The van der Waals surface area contributed by atoms with Crippen molar-refractivity contribution in [3.63, 3.8) is 0 Å². The summed E-state index contributed by atoms with van der Waals surface area (Å²) in [7, 11) is 3.81. The van der Waals surface area contributed by atoms with Gasteiger partial charge in [-0.2, -0.15) is 0 Å². The standard InChI is InChI=1S/C26H58NOSi/c1-6-7-8-9-10-11-12-13-14-15-16-17-18-19-20-21-23-27(2,26-29(4)5)24-22-25-28-3/h29H,6-26H2,1-5H3/q+1. The molecular formula is C26H58NOSi+. The van der Waals surface area contributed by atoms with Crippen LogP contribution in [0.1, 0.15) is 116 Å². The Labute approximate surface area is 187 Å². The summed E-state index contributed by atoms with van der Waals surface area (Å²) in [4.78, 5) is 0. The third kappa shape index (κ3) is 21.2. The molecule has 29 heavy (non-hydrogen) atoms. The third-order valence-corrected chi connectivity index (χ3v) is 8.02. The molecular weight excluding hydrogens is 370 g/mol. The predicted molar refractivity (Wildman–Crippen MR) is 136 cm³/mol. The normalized spacial score (nSPS) is 13.9. The molecule has 1 atom stereocenters. The van der Waals surface area contributed by atoms with Gasteiger partial charge in [-0.15, -0.1) is 0 Å². The van der Waals surface area contributed by atoms with Crippen LogP contribution in [-0.2, 0) is 4.74 Å². The predicted octanol–water partition coefficient (Wildman–Crippen LogP) is 7.76. The first-order chi connectivity index (χ1) is 14.0. The van der Waals surface area contributed by atoms with Crippen LogP contribution in [0, 0.1) is 0 Å². The fourth-order valence-corrected chi connectivity index (χ4v) is 6.94. The second kappa shape index (κ2) is 21.4. The van der Waals surface area contributed by atoms with E-state index >= 15 is 0 Å². The highest BCUT2D eigenvalue weighted by atomic mass is 28.3. The maximum atomic E-state index is 5.28. The Hall–Kier alpha value is 0.137. The molecule has 0 aromatic heterocycles. The van der Waals surface area contributed by atoms with Gasteiger partial charge in [-0.1, -0.05) is 110 Å². The second-order valence-electron chi connectivity index (χ2n) is 10.3. The van der Waals surface area contributed by atoms with Crippen molar-refractivity contribution in [2.75, 3.05) is 40.0 Å². The number of unbranched alkanes of at least 4 members (excludes halogenated alkanes) is 15. The average Bonchev–Trinajstić information content (AvgIpc) is 2.67. The molecule has 0 bridgehead atoms. The lowest BCUT2D eigenvalue weighted by Gasteiger charge is -2.36. The van der Waals surface area contributed by atoms with E-state index < -0.39 is 8.80 Å². The van der Waals surface area contributed by atoms with Gasteiger partial charge in [0.25, 0.3) is 0 Å². The SMILES string of the molecule is CCCCCCCCCCCCCCCCCC[N+](C)(CCCOC)C[SiH](C)C. The number of hydrogen-bond acceptors (Lipinski definition) is 1. The zero-order valence-electron chi connectivity index (χ0n) is 21.3. The molecule has 1 unspecified atom stereocenters. The molecule has 3 heteroatoms. The number of hydrogen-bond donors (Lipinski definition) is 0. The van der Waals surface area contributed by atoms with Gasteiger partial charge in [-0.05, 0) is 12.8 Å². The third-order valence-electron chi connectivity index (χ3n) is 6.40.